The van der Waals surface area contributed by atoms with Gasteiger partial charge in [-0.05, 0) is 24.1 Å². The van der Waals surface area contributed by atoms with Gasteiger partial charge >= 0.3 is 0 Å². The van der Waals surface area contributed by atoms with E-state index in [0.29, 0.717) is 5.02 Å². The Bertz CT molecular complexity index is 693. The van der Waals surface area contributed by atoms with Crippen molar-refractivity contribution in [2.75, 3.05) is 11.1 Å². The second-order valence-electron chi connectivity index (χ2n) is 4.79. The van der Waals surface area contributed by atoms with Gasteiger partial charge in [0.2, 0.25) is 0 Å². The Balaban J connectivity index is 1.86. The van der Waals surface area contributed by atoms with Crippen molar-refractivity contribution in [2.45, 2.75) is 17.4 Å². The maximum Gasteiger partial charge on any atom is 0.271 e. The Kier molecular flexibility index (Phi) is 4.03. The van der Waals surface area contributed by atoms with Gasteiger partial charge in [0.15, 0.2) is 0 Å². The van der Waals surface area contributed by atoms with Crippen molar-refractivity contribution in [1.82, 2.24) is 0 Å². The number of hydrogen-bond donors (Lipinski definition) is 1. The molecule has 2 aromatic carbocycles. The smallest absolute Gasteiger partial charge is 0.271 e. The SMILES string of the molecule is O=[N+]([O-])c1ccc(NC2CCSc3ccccc32)c(Cl)c1. The summed E-state index contributed by atoms with van der Waals surface area (Å²) in [6.07, 6.45) is 0.995. The van der Waals surface area contributed by atoms with E-state index >= 15 is 0 Å². The van der Waals surface area contributed by atoms with Crippen LogP contribution in [0, 0.1) is 10.1 Å². The molecule has 2 aromatic rings. The molecule has 1 unspecified atom stereocenters. The van der Waals surface area contributed by atoms with Crippen LogP contribution in [0.4, 0.5) is 11.4 Å². The van der Waals surface area contributed by atoms with Gasteiger partial charge in [-0.15, -0.1) is 11.8 Å². The van der Waals surface area contributed by atoms with E-state index in [1.165, 1.54) is 22.6 Å². The second kappa shape index (κ2) is 5.95. The van der Waals surface area contributed by atoms with Crippen LogP contribution >= 0.6 is 23.4 Å². The molecular weight excluding hydrogens is 308 g/mol. The number of thioether (sulfide) groups is 1. The van der Waals surface area contributed by atoms with Crippen LogP contribution in [-0.2, 0) is 0 Å². The minimum atomic E-state index is -0.442. The maximum atomic E-state index is 10.7. The lowest BCUT2D eigenvalue weighted by Gasteiger charge is -2.27. The summed E-state index contributed by atoms with van der Waals surface area (Å²) in [5, 5.41) is 14.5. The zero-order valence-electron chi connectivity index (χ0n) is 11.1. The summed E-state index contributed by atoms with van der Waals surface area (Å²) in [6, 6.07) is 13.0. The predicted octanol–water partition coefficient (Wildman–Crippen LogP) is 4.90. The normalized spacial score (nSPS) is 17.1. The van der Waals surface area contributed by atoms with Crippen LogP contribution in [0.2, 0.25) is 5.02 Å². The molecule has 0 bridgehead atoms. The molecule has 108 valence electrons. The molecule has 0 fully saturated rings. The molecule has 1 heterocycles. The minimum Gasteiger partial charge on any atom is -0.377 e. The van der Waals surface area contributed by atoms with Gasteiger partial charge in [0.05, 0.1) is 21.7 Å². The fraction of sp³-hybridized carbons (Fsp3) is 0.200. The number of anilines is 1. The van der Waals surface area contributed by atoms with E-state index in [0.717, 1.165) is 17.9 Å². The molecule has 1 atom stereocenters. The molecule has 0 aromatic heterocycles. The highest BCUT2D eigenvalue weighted by Gasteiger charge is 2.21. The van der Waals surface area contributed by atoms with Gasteiger partial charge in [0.25, 0.3) is 5.69 Å². The molecule has 0 spiro atoms. The lowest BCUT2D eigenvalue weighted by molar-refractivity contribution is -0.384. The summed E-state index contributed by atoms with van der Waals surface area (Å²) in [6.45, 7) is 0. The minimum absolute atomic E-state index is 0.00477. The number of benzene rings is 2. The maximum absolute atomic E-state index is 10.7. The molecule has 0 saturated heterocycles. The van der Waals surface area contributed by atoms with Gasteiger partial charge in [-0.25, -0.2) is 0 Å². The summed E-state index contributed by atoms with van der Waals surface area (Å²) in [7, 11) is 0. The molecule has 4 nitrogen and oxygen atoms in total. The molecule has 1 aliphatic rings. The number of rotatable bonds is 3. The monoisotopic (exact) mass is 320 g/mol. The van der Waals surface area contributed by atoms with Crippen molar-refractivity contribution in [1.29, 1.82) is 0 Å². The first-order chi connectivity index (χ1) is 10.1. The van der Waals surface area contributed by atoms with Crippen molar-refractivity contribution in [2.24, 2.45) is 0 Å². The molecule has 1 N–H and O–H groups in total. The summed E-state index contributed by atoms with van der Waals surface area (Å²) >= 11 is 8.00. The van der Waals surface area contributed by atoms with Crippen molar-refractivity contribution in [3.63, 3.8) is 0 Å². The van der Waals surface area contributed by atoms with Crippen molar-refractivity contribution in [3.8, 4) is 0 Å². The van der Waals surface area contributed by atoms with E-state index in [1.807, 2.05) is 23.9 Å². The molecule has 0 aliphatic carbocycles. The van der Waals surface area contributed by atoms with Crippen LogP contribution < -0.4 is 5.32 Å². The molecule has 0 radical (unpaired) electrons. The highest BCUT2D eigenvalue weighted by Crippen LogP contribution is 2.39. The third kappa shape index (κ3) is 2.99. The van der Waals surface area contributed by atoms with E-state index in [2.05, 4.69) is 17.4 Å². The Labute approximate surface area is 131 Å². The Morgan fingerprint density at radius 2 is 2.10 bits per heavy atom. The third-order valence-corrected chi connectivity index (χ3v) is 4.89. The number of nitro benzene ring substituents is 1. The number of fused-ring (bicyclic) bond motifs is 1. The van der Waals surface area contributed by atoms with E-state index in [1.54, 1.807) is 6.07 Å². The quantitative estimate of drug-likeness (QED) is 0.645. The summed E-state index contributed by atoms with van der Waals surface area (Å²) in [5.74, 6) is 1.04. The molecule has 3 rings (SSSR count). The molecule has 21 heavy (non-hydrogen) atoms. The average Bonchev–Trinajstić information content (AvgIpc) is 2.49. The summed E-state index contributed by atoms with van der Waals surface area (Å²) in [5.41, 5.74) is 1.99. The number of nitrogens with one attached hydrogen (secondary N) is 1. The standard InChI is InChI=1S/C15H13ClN2O2S/c16-12-9-10(18(19)20)5-6-14(12)17-13-7-8-21-15-4-2-1-3-11(13)15/h1-6,9,13,17H,7-8H2. The lowest BCUT2D eigenvalue weighted by Crippen LogP contribution is -2.16. The van der Waals surface area contributed by atoms with Crippen molar-refractivity contribution in [3.05, 3.63) is 63.2 Å². The van der Waals surface area contributed by atoms with Crippen molar-refractivity contribution >= 4 is 34.7 Å². The van der Waals surface area contributed by atoms with Gasteiger partial charge in [-0.1, -0.05) is 29.8 Å². The highest BCUT2D eigenvalue weighted by atomic mass is 35.5. The average molecular weight is 321 g/mol. The topological polar surface area (TPSA) is 55.2 Å². The van der Waals surface area contributed by atoms with Crippen LogP contribution in [0.3, 0.4) is 0 Å². The van der Waals surface area contributed by atoms with Crippen LogP contribution in [-0.4, -0.2) is 10.7 Å². The summed E-state index contributed by atoms with van der Waals surface area (Å²) < 4.78 is 0. The third-order valence-electron chi connectivity index (χ3n) is 3.45. The van der Waals surface area contributed by atoms with Crippen LogP contribution in [0.15, 0.2) is 47.4 Å². The molecular formula is C15H13ClN2O2S. The second-order valence-corrected chi connectivity index (χ2v) is 6.34. The first kappa shape index (κ1) is 14.2. The van der Waals surface area contributed by atoms with Gasteiger partial charge in [-0.3, -0.25) is 10.1 Å². The number of nitrogens with zero attached hydrogens (tertiary/aromatic N) is 1. The van der Waals surface area contributed by atoms with E-state index in [4.69, 9.17) is 11.6 Å². The highest BCUT2D eigenvalue weighted by molar-refractivity contribution is 7.99. The summed E-state index contributed by atoms with van der Waals surface area (Å²) in [4.78, 5) is 11.6. The van der Waals surface area contributed by atoms with Crippen LogP contribution in [0.1, 0.15) is 18.0 Å². The molecule has 0 saturated carbocycles. The van der Waals surface area contributed by atoms with Gasteiger partial charge in [-0.2, -0.15) is 0 Å². The number of non-ortho nitro benzene ring substituents is 1. The number of nitro groups is 1. The van der Waals surface area contributed by atoms with Gasteiger partial charge < -0.3 is 5.32 Å². The van der Waals surface area contributed by atoms with Crippen LogP contribution in [0.5, 0.6) is 0 Å². The Hall–Kier alpha value is -1.72. The van der Waals surface area contributed by atoms with E-state index in [-0.39, 0.29) is 11.7 Å². The zero-order valence-corrected chi connectivity index (χ0v) is 12.7. The van der Waals surface area contributed by atoms with E-state index < -0.39 is 4.92 Å². The molecule has 1 aliphatic heterocycles. The zero-order chi connectivity index (χ0) is 14.8. The number of hydrogen-bond acceptors (Lipinski definition) is 4. The van der Waals surface area contributed by atoms with Crippen molar-refractivity contribution < 1.29 is 4.92 Å². The van der Waals surface area contributed by atoms with Gasteiger partial charge in [0, 0.05) is 22.8 Å². The lowest BCUT2D eigenvalue weighted by atomic mass is 10.0. The predicted molar refractivity (Wildman–Crippen MR) is 86.3 cm³/mol. The van der Waals surface area contributed by atoms with Gasteiger partial charge in [0.1, 0.15) is 0 Å². The Morgan fingerprint density at radius 1 is 1.29 bits per heavy atom. The molecule has 6 heteroatoms. The largest absolute Gasteiger partial charge is 0.377 e. The fourth-order valence-electron chi connectivity index (χ4n) is 2.41. The van der Waals surface area contributed by atoms with Crippen LogP contribution in [0.25, 0.3) is 0 Å². The first-order valence-electron chi connectivity index (χ1n) is 6.57. The number of halogens is 1. The fourth-order valence-corrected chi connectivity index (χ4v) is 3.77. The van der Waals surface area contributed by atoms with E-state index in [9.17, 15) is 10.1 Å². The Morgan fingerprint density at radius 3 is 2.86 bits per heavy atom. The molecule has 0 amide bonds. The first-order valence-corrected chi connectivity index (χ1v) is 7.94.